The summed E-state index contributed by atoms with van der Waals surface area (Å²) in [7, 11) is 0. The van der Waals surface area contributed by atoms with Crippen LogP contribution in [0.2, 0.25) is 5.28 Å². The largest absolute Gasteiger partial charge is 0.367 e. The van der Waals surface area contributed by atoms with Gasteiger partial charge in [0.1, 0.15) is 5.52 Å². The van der Waals surface area contributed by atoms with E-state index in [2.05, 4.69) is 42.7 Å². The van der Waals surface area contributed by atoms with Crippen molar-refractivity contribution in [3.05, 3.63) is 47.5 Å². The molecule has 7 heteroatoms. The highest BCUT2D eigenvalue weighted by molar-refractivity contribution is 6.28. The maximum atomic E-state index is 5.88. The number of benzene rings is 1. The molecule has 21 heavy (non-hydrogen) atoms. The maximum Gasteiger partial charge on any atom is 0.226 e. The molecule has 0 aliphatic carbocycles. The van der Waals surface area contributed by atoms with Gasteiger partial charge >= 0.3 is 0 Å². The van der Waals surface area contributed by atoms with Crippen molar-refractivity contribution in [2.45, 2.75) is 6.54 Å². The molecule has 3 aromatic rings. The molecule has 0 aliphatic rings. The van der Waals surface area contributed by atoms with Gasteiger partial charge in [-0.1, -0.05) is 30.3 Å². The number of imidazole rings is 1. The van der Waals surface area contributed by atoms with Gasteiger partial charge in [-0.3, -0.25) is 0 Å². The molecule has 0 fully saturated rings. The summed E-state index contributed by atoms with van der Waals surface area (Å²) < 4.78 is 0. The fraction of sp³-hybridized carbons (Fsp3) is 0.214. The van der Waals surface area contributed by atoms with Crippen LogP contribution in [0.15, 0.2) is 36.7 Å². The van der Waals surface area contributed by atoms with Crippen molar-refractivity contribution >= 4 is 28.6 Å². The number of halogens is 1. The second-order valence-electron chi connectivity index (χ2n) is 4.53. The molecule has 0 radical (unpaired) electrons. The highest BCUT2D eigenvalue weighted by Crippen LogP contribution is 2.17. The number of anilines is 1. The van der Waals surface area contributed by atoms with Crippen LogP contribution >= 0.6 is 11.6 Å². The minimum atomic E-state index is 0.200. The van der Waals surface area contributed by atoms with E-state index in [0.717, 1.165) is 19.6 Å². The van der Waals surface area contributed by atoms with Crippen molar-refractivity contribution in [3.63, 3.8) is 0 Å². The number of fused-ring (bicyclic) bond motifs is 1. The molecule has 0 spiro atoms. The summed E-state index contributed by atoms with van der Waals surface area (Å²) in [6, 6.07) is 10.3. The zero-order valence-electron chi connectivity index (χ0n) is 11.3. The highest BCUT2D eigenvalue weighted by Gasteiger charge is 2.08. The van der Waals surface area contributed by atoms with Gasteiger partial charge in [0.15, 0.2) is 11.5 Å². The smallest absolute Gasteiger partial charge is 0.226 e. The average Bonchev–Trinajstić information content (AvgIpc) is 2.96. The first kappa shape index (κ1) is 13.8. The Hall–Kier alpha value is -2.18. The van der Waals surface area contributed by atoms with Gasteiger partial charge in [0.2, 0.25) is 5.28 Å². The monoisotopic (exact) mass is 302 g/mol. The molecule has 108 valence electrons. The number of aromatic nitrogens is 4. The molecular weight excluding hydrogens is 288 g/mol. The van der Waals surface area contributed by atoms with Crippen LogP contribution in [0.4, 0.5) is 5.82 Å². The zero-order valence-corrected chi connectivity index (χ0v) is 12.1. The van der Waals surface area contributed by atoms with Gasteiger partial charge < -0.3 is 15.6 Å². The first-order valence-electron chi connectivity index (χ1n) is 6.68. The summed E-state index contributed by atoms with van der Waals surface area (Å²) in [6.07, 6.45) is 1.58. The summed E-state index contributed by atoms with van der Waals surface area (Å²) in [5.41, 5.74) is 2.59. The third kappa shape index (κ3) is 3.48. The molecule has 0 aliphatic heterocycles. The normalized spacial score (nSPS) is 10.9. The Morgan fingerprint density at radius 2 is 1.95 bits per heavy atom. The molecule has 3 rings (SSSR count). The van der Waals surface area contributed by atoms with E-state index in [4.69, 9.17) is 11.6 Å². The number of hydrogen-bond donors (Lipinski definition) is 3. The van der Waals surface area contributed by atoms with E-state index in [1.165, 1.54) is 5.56 Å². The highest BCUT2D eigenvalue weighted by atomic mass is 35.5. The van der Waals surface area contributed by atoms with Gasteiger partial charge in [-0.2, -0.15) is 9.97 Å². The van der Waals surface area contributed by atoms with Crippen LogP contribution in [0.1, 0.15) is 5.56 Å². The van der Waals surface area contributed by atoms with Crippen molar-refractivity contribution in [2.24, 2.45) is 0 Å². The number of aromatic amines is 1. The standard InChI is InChI=1S/C14H15ClN6/c15-14-20-12(11-13(21-14)19-9-18-11)17-7-6-16-8-10-4-2-1-3-5-10/h1-5,9,16H,6-8H2,(H2,17,18,19,20,21). The minimum absolute atomic E-state index is 0.200. The van der Waals surface area contributed by atoms with Crippen molar-refractivity contribution in [2.75, 3.05) is 18.4 Å². The quantitative estimate of drug-likeness (QED) is 0.480. The molecule has 0 atom stereocenters. The lowest BCUT2D eigenvalue weighted by Crippen LogP contribution is -2.22. The number of H-pyrrole nitrogens is 1. The summed E-state index contributed by atoms with van der Waals surface area (Å²) in [5.74, 6) is 0.646. The number of nitrogens with zero attached hydrogens (tertiary/aromatic N) is 3. The van der Waals surface area contributed by atoms with Gasteiger partial charge in [-0.05, 0) is 17.2 Å². The SMILES string of the molecule is Clc1nc(NCCNCc2ccccc2)c2nc[nH]c2n1. The Labute approximate surface area is 127 Å². The van der Waals surface area contributed by atoms with Gasteiger partial charge in [-0.25, -0.2) is 4.98 Å². The van der Waals surface area contributed by atoms with Crippen LogP contribution < -0.4 is 10.6 Å². The molecule has 2 aromatic heterocycles. The third-order valence-corrected chi connectivity index (χ3v) is 3.19. The number of nitrogens with one attached hydrogen (secondary N) is 3. The van der Waals surface area contributed by atoms with E-state index in [0.29, 0.717) is 17.0 Å². The molecule has 3 N–H and O–H groups in total. The first-order chi connectivity index (χ1) is 10.3. The zero-order chi connectivity index (χ0) is 14.5. The molecule has 0 saturated heterocycles. The first-order valence-corrected chi connectivity index (χ1v) is 7.06. The second kappa shape index (κ2) is 6.51. The lowest BCUT2D eigenvalue weighted by Gasteiger charge is -2.08. The van der Waals surface area contributed by atoms with Gasteiger partial charge in [0.05, 0.1) is 6.33 Å². The molecule has 1 aromatic carbocycles. The van der Waals surface area contributed by atoms with Crippen LogP contribution in [-0.4, -0.2) is 33.0 Å². The van der Waals surface area contributed by atoms with E-state index in [9.17, 15) is 0 Å². The molecule has 0 saturated carbocycles. The molecule has 6 nitrogen and oxygen atoms in total. The summed E-state index contributed by atoms with van der Waals surface area (Å²) >= 11 is 5.88. The Balaban J connectivity index is 1.52. The maximum absolute atomic E-state index is 5.88. The van der Waals surface area contributed by atoms with Crippen LogP contribution in [0.5, 0.6) is 0 Å². The van der Waals surface area contributed by atoms with E-state index in [1.807, 2.05) is 18.2 Å². The predicted octanol–water partition coefficient (Wildman–Crippen LogP) is 2.21. The fourth-order valence-electron chi connectivity index (χ4n) is 2.03. The lowest BCUT2D eigenvalue weighted by atomic mass is 10.2. The van der Waals surface area contributed by atoms with Crippen molar-refractivity contribution in [1.82, 2.24) is 25.3 Å². The second-order valence-corrected chi connectivity index (χ2v) is 4.87. The van der Waals surface area contributed by atoms with Gasteiger partial charge in [-0.15, -0.1) is 0 Å². The Bertz CT molecular complexity index is 712. The van der Waals surface area contributed by atoms with Crippen molar-refractivity contribution in [1.29, 1.82) is 0 Å². The molecule has 0 bridgehead atoms. The van der Waals surface area contributed by atoms with Crippen molar-refractivity contribution < 1.29 is 0 Å². The summed E-state index contributed by atoms with van der Waals surface area (Å²) in [5, 5.41) is 6.78. The van der Waals surface area contributed by atoms with Crippen LogP contribution in [0.3, 0.4) is 0 Å². The van der Waals surface area contributed by atoms with Crippen molar-refractivity contribution in [3.8, 4) is 0 Å². The van der Waals surface area contributed by atoms with E-state index in [1.54, 1.807) is 6.33 Å². The third-order valence-electron chi connectivity index (χ3n) is 3.02. The minimum Gasteiger partial charge on any atom is -0.367 e. The fourth-order valence-corrected chi connectivity index (χ4v) is 2.20. The lowest BCUT2D eigenvalue weighted by molar-refractivity contribution is 0.706. The Morgan fingerprint density at radius 1 is 1.10 bits per heavy atom. The van der Waals surface area contributed by atoms with Crippen LogP contribution in [-0.2, 0) is 6.54 Å². The van der Waals surface area contributed by atoms with E-state index in [-0.39, 0.29) is 5.28 Å². The Morgan fingerprint density at radius 3 is 2.81 bits per heavy atom. The predicted molar refractivity (Wildman–Crippen MR) is 83.3 cm³/mol. The van der Waals surface area contributed by atoms with Crippen LogP contribution in [0, 0.1) is 0 Å². The topological polar surface area (TPSA) is 78.5 Å². The molecule has 0 unspecified atom stereocenters. The van der Waals surface area contributed by atoms with Crippen LogP contribution in [0.25, 0.3) is 11.2 Å². The summed E-state index contributed by atoms with van der Waals surface area (Å²) in [6.45, 7) is 2.37. The van der Waals surface area contributed by atoms with E-state index < -0.39 is 0 Å². The van der Waals surface area contributed by atoms with Gasteiger partial charge in [0, 0.05) is 19.6 Å². The number of rotatable bonds is 6. The average molecular weight is 303 g/mol. The molecular formula is C14H15ClN6. The van der Waals surface area contributed by atoms with E-state index >= 15 is 0 Å². The Kier molecular flexibility index (Phi) is 4.28. The summed E-state index contributed by atoms with van der Waals surface area (Å²) in [4.78, 5) is 15.3. The van der Waals surface area contributed by atoms with Gasteiger partial charge in [0.25, 0.3) is 0 Å². The molecule has 0 amide bonds. The number of hydrogen-bond acceptors (Lipinski definition) is 5. The molecule has 2 heterocycles.